The summed E-state index contributed by atoms with van der Waals surface area (Å²) in [6.07, 6.45) is 0.470. The molecule has 0 aliphatic carbocycles. The molecule has 27 heavy (non-hydrogen) atoms. The van der Waals surface area contributed by atoms with E-state index in [1.165, 1.54) is 5.56 Å². The van der Waals surface area contributed by atoms with E-state index in [0.29, 0.717) is 24.6 Å². The van der Waals surface area contributed by atoms with E-state index >= 15 is 0 Å². The Bertz CT molecular complexity index is 741. The van der Waals surface area contributed by atoms with E-state index in [1.807, 2.05) is 30.3 Å². The highest BCUT2D eigenvalue weighted by atomic mass is 16.5. The van der Waals surface area contributed by atoms with Gasteiger partial charge in [0.1, 0.15) is 5.75 Å². The number of benzene rings is 2. The maximum Gasteiger partial charge on any atom is 0.341 e. The molecule has 2 aromatic carbocycles. The van der Waals surface area contributed by atoms with Gasteiger partial charge in [-0.25, -0.2) is 4.79 Å². The van der Waals surface area contributed by atoms with Crippen LogP contribution in [-0.2, 0) is 16.1 Å². The third kappa shape index (κ3) is 6.44. The zero-order chi connectivity index (χ0) is 19.8. The van der Waals surface area contributed by atoms with Gasteiger partial charge in [0.25, 0.3) is 0 Å². The average Bonchev–Trinajstić information content (AvgIpc) is 2.65. The standard InChI is InChI=1S/C22H27NO4/c1-16(2)20(18-7-5-4-6-8-18)13-21(24)23(3)14-17-9-11-19(12-10-17)27-15-22(25)26/h4-12,16,20H,13-15H2,1-3H3,(H,25,26). The van der Waals surface area contributed by atoms with Crippen molar-refractivity contribution < 1.29 is 19.4 Å². The minimum atomic E-state index is -1.01. The zero-order valence-corrected chi connectivity index (χ0v) is 16.1. The molecule has 1 N–H and O–H groups in total. The van der Waals surface area contributed by atoms with Crippen LogP contribution in [0.5, 0.6) is 5.75 Å². The Kier molecular flexibility index (Phi) is 7.41. The Hall–Kier alpha value is -2.82. The van der Waals surface area contributed by atoms with E-state index in [2.05, 4.69) is 26.0 Å². The predicted octanol–water partition coefficient (Wildman–Crippen LogP) is 3.94. The summed E-state index contributed by atoms with van der Waals surface area (Å²) < 4.78 is 5.12. The third-order valence-corrected chi connectivity index (χ3v) is 4.56. The maximum absolute atomic E-state index is 12.7. The van der Waals surface area contributed by atoms with Crippen LogP contribution in [0, 0.1) is 5.92 Å². The first-order chi connectivity index (χ1) is 12.9. The minimum absolute atomic E-state index is 0.101. The lowest BCUT2D eigenvalue weighted by molar-refractivity contribution is -0.139. The fourth-order valence-corrected chi connectivity index (χ4v) is 2.98. The van der Waals surface area contributed by atoms with E-state index in [1.54, 1.807) is 24.1 Å². The van der Waals surface area contributed by atoms with Crippen molar-refractivity contribution in [3.05, 3.63) is 65.7 Å². The van der Waals surface area contributed by atoms with Gasteiger partial charge < -0.3 is 14.7 Å². The third-order valence-electron chi connectivity index (χ3n) is 4.56. The van der Waals surface area contributed by atoms with Crippen LogP contribution >= 0.6 is 0 Å². The summed E-state index contributed by atoms with van der Waals surface area (Å²) in [6.45, 7) is 4.41. The van der Waals surface area contributed by atoms with Gasteiger partial charge in [-0.05, 0) is 35.1 Å². The van der Waals surface area contributed by atoms with Crippen LogP contribution < -0.4 is 4.74 Å². The normalized spacial score (nSPS) is 11.9. The fraction of sp³-hybridized carbons (Fsp3) is 0.364. The van der Waals surface area contributed by atoms with E-state index in [9.17, 15) is 9.59 Å². The van der Waals surface area contributed by atoms with Gasteiger partial charge in [0, 0.05) is 20.0 Å². The van der Waals surface area contributed by atoms with Crippen LogP contribution in [0.2, 0.25) is 0 Å². The summed E-state index contributed by atoms with van der Waals surface area (Å²) in [7, 11) is 1.81. The predicted molar refractivity (Wildman–Crippen MR) is 105 cm³/mol. The summed E-state index contributed by atoms with van der Waals surface area (Å²) >= 11 is 0. The molecule has 1 amide bonds. The average molecular weight is 369 g/mol. The second-order valence-electron chi connectivity index (χ2n) is 7.04. The van der Waals surface area contributed by atoms with Gasteiger partial charge in [-0.3, -0.25) is 4.79 Å². The Morgan fingerprint density at radius 1 is 1.04 bits per heavy atom. The van der Waals surface area contributed by atoms with Gasteiger partial charge in [-0.2, -0.15) is 0 Å². The van der Waals surface area contributed by atoms with E-state index in [0.717, 1.165) is 5.56 Å². The summed E-state index contributed by atoms with van der Waals surface area (Å²) in [6, 6.07) is 17.3. The molecule has 2 rings (SSSR count). The monoisotopic (exact) mass is 369 g/mol. The smallest absolute Gasteiger partial charge is 0.341 e. The molecule has 5 nitrogen and oxygen atoms in total. The summed E-state index contributed by atoms with van der Waals surface area (Å²) in [4.78, 5) is 25.0. The molecule has 144 valence electrons. The van der Waals surface area contributed by atoms with Gasteiger partial charge in [0.15, 0.2) is 6.61 Å². The van der Waals surface area contributed by atoms with Crippen molar-refractivity contribution in [3.63, 3.8) is 0 Å². The first-order valence-corrected chi connectivity index (χ1v) is 9.09. The van der Waals surface area contributed by atoms with Crippen LogP contribution in [0.15, 0.2) is 54.6 Å². The Morgan fingerprint density at radius 2 is 1.67 bits per heavy atom. The van der Waals surface area contributed by atoms with Crippen molar-refractivity contribution in [1.29, 1.82) is 0 Å². The van der Waals surface area contributed by atoms with Crippen LogP contribution in [0.1, 0.15) is 37.3 Å². The number of amides is 1. The number of carboxylic acids is 1. The number of ether oxygens (including phenoxy) is 1. The number of carbonyl (C=O) groups excluding carboxylic acids is 1. The molecular weight excluding hydrogens is 342 g/mol. The quantitative estimate of drug-likeness (QED) is 0.727. The summed E-state index contributed by atoms with van der Waals surface area (Å²) in [5.41, 5.74) is 2.16. The van der Waals surface area contributed by atoms with Gasteiger partial charge in [-0.15, -0.1) is 0 Å². The first kappa shape index (κ1) is 20.5. The molecule has 0 heterocycles. The fourth-order valence-electron chi connectivity index (χ4n) is 2.98. The molecular formula is C22H27NO4. The number of aliphatic carboxylic acids is 1. The Morgan fingerprint density at radius 3 is 2.22 bits per heavy atom. The minimum Gasteiger partial charge on any atom is -0.482 e. The largest absolute Gasteiger partial charge is 0.482 e. The molecule has 0 radical (unpaired) electrons. The summed E-state index contributed by atoms with van der Waals surface area (Å²) in [5, 5.41) is 8.63. The van der Waals surface area contributed by atoms with Gasteiger partial charge in [0.05, 0.1) is 0 Å². The van der Waals surface area contributed by atoms with Crippen molar-refractivity contribution >= 4 is 11.9 Å². The lowest BCUT2D eigenvalue weighted by Crippen LogP contribution is -2.28. The molecule has 0 spiro atoms. The van der Waals surface area contributed by atoms with Crippen LogP contribution in [0.3, 0.4) is 0 Å². The van der Waals surface area contributed by atoms with Crippen molar-refractivity contribution in [3.8, 4) is 5.75 Å². The molecule has 1 unspecified atom stereocenters. The maximum atomic E-state index is 12.7. The Labute approximate surface area is 160 Å². The van der Waals surface area contributed by atoms with E-state index < -0.39 is 5.97 Å². The SMILES string of the molecule is CC(C)C(CC(=O)N(C)Cc1ccc(OCC(=O)O)cc1)c1ccccc1. The molecule has 0 aromatic heterocycles. The van der Waals surface area contributed by atoms with Crippen molar-refractivity contribution in [2.24, 2.45) is 5.92 Å². The second-order valence-corrected chi connectivity index (χ2v) is 7.04. The molecule has 2 aromatic rings. The zero-order valence-electron chi connectivity index (χ0n) is 16.1. The number of carbonyl (C=O) groups is 2. The van der Waals surface area contributed by atoms with Crippen molar-refractivity contribution in [2.45, 2.75) is 32.7 Å². The van der Waals surface area contributed by atoms with Crippen LogP contribution in [-0.4, -0.2) is 35.5 Å². The Balaban J connectivity index is 1.95. The van der Waals surface area contributed by atoms with E-state index in [-0.39, 0.29) is 18.4 Å². The number of hydrogen-bond acceptors (Lipinski definition) is 3. The van der Waals surface area contributed by atoms with Gasteiger partial charge in [0.2, 0.25) is 5.91 Å². The van der Waals surface area contributed by atoms with Crippen molar-refractivity contribution in [1.82, 2.24) is 4.90 Å². The molecule has 0 aliphatic rings. The molecule has 1 atom stereocenters. The second kappa shape index (κ2) is 9.76. The topological polar surface area (TPSA) is 66.8 Å². The molecule has 0 saturated heterocycles. The highest BCUT2D eigenvalue weighted by molar-refractivity contribution is 5.77. The van der Waals surface area contributed by atoms with Crippen LogP contribution in [0.4, 0.5) is 0 Å². The van der Waals surface area contributed by atoms with Gasteiger partial charge >= 0.3 is 5.97 Å². The van der Waals surface area contributed by atoms with Gasteiger partial charge in [-0.1, -0.05) is 56.3 Å². The summed E-state index contributed by atoms with van der Waals surface area (Å²) in [5.74, 6) is 0.147. The van der Waals surface area contributed by atoms with Crippen LogP contribution in [0.25, 0.3) is 0 Å². The molecule has 5 heteroatoms. The molecule has 0 aliphatic heterocycles. The number of carboxylic acid groups (broad SMARTS) is 1. The van der Waals surface area contributed by atoms with Crippen molar-refractivity contribution in [2.75, 3.05) is 13.7 Å². The molecule has 0 bridgehead atoms. The first-order valence-electron chi connectivity index (χ1n) is 9.09. The van der Waals surface area contributed by atoms with E-state index in [4.69, 9.17) is 9.84 Å². The number of hydrogen-bond donors (Lipinski definition) is 1. The lowest BCUT2D eigenvalue weighted by atomic mass is 9.85. The molecule has 0 fully saturated rings. The highest BCUT2D eigenvalue weighted by Crippen LogP contribution is 2.28. The number of rotatable bonds is 9. The molecule has 0 saturated carbocycles. The lowest BCUT2D eigenvalue weighted by Gasteiger charge is -2.24. The highest BCUT2D eigenvalue weighted by Gasteiger charge is 2.21. The number of nitrogens with zero attached hydrogens (tertiary/aromatic N) is 1.